The fourth-order valence-corrected chi connectivity index (χ4v) is 2.89. The Morgan fingerprint density at radius 2 is 2.45 bits per heavy atom. The minimum Gasteiger partial charge on any atom is -0.363 e. The molecule has 1 saturated heterocycles. The first-order chi connectivity index (χ1) is 5.21. The maximum absolute atomic E-state index is 11.6. The highest BCUT2D eigenvalue weighted by molar-refractivity contribution is 5.93. The number of hydrogen-bond acceptors (Lipinski definition) is 2. The van der Waals surface area contributed by atoms with Crippen LogP contribution in [-0.2, 0) is 9.53 Å². The molecular formula is C9H12O2. The highest BCUT2D eigenvalue weighted by Gasteiger charge is 2.63. The molecule has 2 saturated carbocycles. The Balaban J connectivity index is 2.07. The van der Waals surface area contributed by atoms with E-state index in [0.29, 0.717) is 23.7 Å². The molecule has 3 fully saturated rings. The van der Waals surface area contributed by atoms with Gasteiger partial charge in [-0.25, -0.2) is 0 Å². The van der Waals surface area contributed by atoms with Gasteiger partial charge in [-0.2, -0.15) is 0 Å². The third-order valence-corrected chi connectivity index (χ3v) is 3.67. The zero-order chi connectivity index (χ0) is 7.64. The van der Waals surface area contributed by atoms with Crippen molar-refractivity contribution in [2.45, 2.75) is 37.9 Å². The standard InChI is InChI=1S/C9H12O2/c1-9-3-2-5-4-6(11-9)7(5)8(9)10/h5-7H,2-4H2,1H3/t5-,6+,7-,9-/m1/s1. The van der Waals surface area contributed by atoms with Gasteiger partial charge in [0.1, 0.15) is 5.60 Å². The zero-order valence-electron chi connectivity index (χ0n) is 6.67. The first kappa shape index (κ1) is 6.18. The summed E-state index contributed by atoms with van der Waals surface area (Å²) in [6.45, 7) is 1.96. The van der Waals surface area contributed by atoms with Gasteiger partial charge in [0.05, 0.1) is 6.10 Å². The summed E-state index contributed by atoms with van der Waals surface area (Å²) in [5, 5.41) is 0. The van der Waals surface area contributed by atoms with Crippen LogP contribution >= 0.6 is 0 Å². The lowest BCUT2D eigenvalue weighted by atomic mass is 9.62. The Morgan fingerprint density at radius 3 is 3.18 bits per heavy atom. The van der Waals surface area contributed by atoms with Crippen molar-refractivity contribution in [3.63, 3.8) is 0 Å². The smallest absolute Gasteiger partial charge is 0.170 e. The van der Waals surface area contributed by atoms with Gasteiger partial charge < -0.3 is 4.74 Å². The van der Waals surface area contributed by atoms with Crippen molar-refractivity contribution in [3.8, 4) is 0 Å². The van der Waals surface area contributed by atoms with E-state index in [4.69, 9.17) is 4.74 Å². The van der Waals surface area contributed by atoms with E-state index >= 15 is 0 Å². The minimum atomic E-state index is -0.373. The third kappa shape index (κ3) is 0.527. The Morgan fingerprint density at radius 1 is 1.64 bits per heavy atom. The van der Waals surface area contributed by atoms with Crippen molar-refractivity contribution in [2.24, 2.45) is 11.8 Å². The van der Waals surface area contributed by atoms with E-state index in [2.05, 4.69) is 0 Å². The van der Waals surface area contributed by atoms with Crippen LogP contribution in [0, 0.1) is 11.8 Å². The van der Waals surface area contributed by atoms with Gasteiger partial charge in [0.25, 0.3) is 0 Å². The molecular weight excluding hydrogens is 140 g/mol. The van der Waals surface area contributed by atoms with Gasteiger partial charge in [0.15, 0.2) is 5.78 Å². The fourth-order valence-electron chi connectivity index (χ4n) is 2.89. The van der Waals surface area contributed by atoms with Crippen LogP contribution in [0.15, 0.2) is 0 Å². The van der Waals surface area contributed by atoms with Crippen LogP contribution in [-0.4, -0.2) is 17.5 Å². The van der Waals surface area contributed by atoms with E-state index < -0.39 is 0 Å². The molecule has 0 unspecified atom stereocenters. The van der Waals surface area contributed by atoms with Crippen LogP contribution in [0.1, 0.15) is 26.2 Å². The van der Waals surface area contributed by atoms with Gasteiger partial charge >= 0.3 is 0 Å². The summed E-state index contributed by atoms with van der Waals surface area (Å²) in [5.74, 6) is 1.38. The lowest BCUT2D eigenvalue weighted by Crippen LogP contribution is -2.46. The molecule has 60 valence electrons. The maximum atomic E-state index is 11.6. The second-order valence-corrected chi connectivity index (χ2v) is 4.31. The van der Waals surface area contributed by atoms with Crippen LogP contribution < -0.4 is 0 Å². The number of rotatable bonds is 0. The van der Waals surface area contributed by atoms with E-state index in [-0.39, 0.29) is 5.60 Å². The monoisotopic (exact) mass is 152 g/mol. The van der Waals surface area contributed by atoms with Gasteiger partial charge in [-0.05, 0) is 32.1 Å². The number of carbonyl (C=O) groups is 1. The molecule has 0 N–H and O–H groups in total. The van der Waals surface area contributed by atoms with Crippen LogP contribution in [0.5, 0.6) is 0 Å². The van der Waals surface area contributed by atoms with Gasteiger partial charge in [0, 0.05) is 5.92 Å². The SMILES string of the molecule is C[C@]12CC[C@@H]3C[C@H](O1)[C@@H]3C2=O. The summed E-state index contributed by atoms with van der Waals surface area (Å²) in [6, 6.07) is 0. The second kappa shape index (κ2) is 1.53. The molecule has 2 aliphatic carbocycles. The molecule has 2 heteroatoms. The minimum absolute atomic E-state index is 0.300. The van der Waals surface area contributed by atoms with Crippen molar-refractivity contribution >= 4 is 5.78 Å². The molecule has 0 amide bonds. The Bertz CT molecular complexity index is 236. The Hall–Kier alpha value is -0.370. The predicted molar refractivity (Wildman–Crippen MR) is 39.1 cm³/mol. The topological polar surface area (TPSA) is 26.3 Å². The highest BCUT2D eigenvalue weighted by Crippen LogP contribution is 2.55. The van der Waals surface area contributed by atoms with Gasteiger partial charge in [-0.15, -0.1) is 0 Å². The molecule has 0 aromatic rings. The van der Waals surface area contributed by atoms with Crippen molar-refractivity contribution in [1.82, 2.24) is 0 Å². The van der Waals surface area contributed by atoms with E-state index in [1.54, 1.807) is 0 Å². The highest BCUT2D eigenvalue weighted by atomic mass is 16.5. The number of ether oxygens (including phenoxy) is 1. The summed E-state index contributed by atoms with van der Waals surface area (Å²) in [4.78, 5) is 11.6. The molecule has 3 aliphatic rings. The average molecular weight is 152 g/mol. The van der Waals surface area contributed by atoms with E-state index in [1.165, 1.54) is 6.42 Å². The summed E-state index contributed by atoms with van der Waals surface area (Å²) < 4.78 is 5.70. The van der Waals surface area contributed by atoms with E-state index in [1.807, 2.05) is 6.92 Å². The Labute approximate surface area is 65.9 Å². The zero-order valence-corrected chi connectivity index (χ0v) is 6.67. The van der Waals surface area contributed by atoms with E-state index in [9.17, 15) is 4.79 Å². The van der Waals surface area contributed by atoms with Crippen LogP contribution in [0.3, 0.4) is 0 Å². The number of Topliss-reactive ketones (excluding diaryl/α,β-unsaturated/α-hetero) is 1. The van der Waals surface area contributed by atoms with Crippen molar-refractivity contribution in [3.05, 3.63) is 0 Å². The van der Waals surface area contributed by atoms with Crippen LogP contribution in [0.25, 0.3) is 0 Å². The normalized spacial score (nSPS) is 59.4. The number of carbonyl (C=O) groups excluding carboxylic acids is 1. The molecule has 1 aliphatic heterocycles. The van der Waals surface area contributed by atoms with Crippen LogP contribution in [0.2, 0.25) is 0 Å². The second-order valence-electron chi connectivity index (χ2n) is 4.31. The molecule has 2 nitrogen and oxygen atoms in total. The number of ketones is 1. The molecule has 2 bridgehead atoms. The van der Waals surface area contributed by atoms with Gasteiger partial charge in [-0.1, -0.05) is 0 Å². The van der Waals surface area contributed by atoms with Crippen molar-refractivity contribution in [1.29, 1.82) is 0 Å². The average Bonchev–Trinajstić information content (AvgIpc) is 2.10. The molecule has 4 atom stereocenters. The summed E-state index contributed by atoms with van der Waals surface area (Å²) in [7, 11) is 0. The van der Waals surface area contributed by atoms with Crippen molar-refractivity contribution in [2.75, 3.05) is 0 Å². The predicted octanol–water partition coefficient (Wildman–Crippen LogP) is 1.14. The summed E-state index contributed by atoms with van der Waals surface area (Å²) >= 11 is 0. The molecule has 3 rings (SSSR count). The lowest BCUT2D eigenvalue weighted by Gasteiger charge is -2.38. The quantitative estimate of drug-likeness (QED) is 0.520. The number of hydrogen-bond donors (Lipinski definition) is 0. The molecule has 0 aromatic carbocycles. The number of fused-ring (bicyclic) bond motifs is 1. The molecule has 11 heavy (non-hydrogen) atoms. The lowest BCUT2D eigenvalue weighted by molar-refractivity contribution is -0.134. The first-order valence-electron chi connectivity index (χ1n) is 4.43. The summed E-state index contributed by atoms with van der Waals surface area (Å²) in [5.41, 5.74) is -0.373. The molecule has 1 heterocycles. The molecule has 0 aromatic heterocycles. The first-order valence-corrected chi connectivity index (χ1v) is 4.43. The Kier molecular flexibility index (Phi) is 0.861. The maximum Gasteiger partial charge on any atom is 0.170 e. The summed E-state index contributed by atoms with van der Waals surface area (Å²) in [6.07, 6.45) is 3.62. The fraction of sp³-hybridized carbons (Fsp3) is 0.889. The van der Waals surface area contributed by atoms with Gasteiger partial charge in [-0.3, -0.25) is 4.79 Å². The van der Waals surface area contributed by atoms with Crippen LogP contribution in [0.4, 0.5) is 0 Å². The van der Waals surface area contributed by atoms with E-state index in [0.717, 1.165) is 12.8 Å². The van der Waals surface area contributed by atoms with Crippen molar-refractivity contribution < 1.29 is 9.53 Å². The molecule has 0 spiro atoms. The molecule has 0 radical (unpaired) electrons. The largest absolute Gasteiger partial charge is 0.363 e. The van der Waals surface area contributed by atoms with Gasteiger partial charge in [0.2, 0.25) is 0 Å². The third-order valence-electron chi connectivity index (χ3n) is 3.67.